The summed E-state index contributed by atoms with van der Waals surface area (Å²) in [7, 11) is -0.449. The van der Waals surface area contributed by atoms with Crippen LogP contribution in [0.1, 0.15) is 44.1 Å². The first-order valence-electron chi connectivity index (χ1n) is 11.1. The van der Waals surface area contributed by atoms with Crippen molar-refractivity contribution in [2.45, 2.75) is 64.6 Å². The molecule has 0 aliphatic heterocycles. The van der Waals surface area contributed by atoms with E-state index in [0.29, 0.717) is 6.61 Å². The van der Waals surface area contributed by atoms with Gasteiger partial charge in [0, 0.05) is 8.80 Å². The first-order valence-corrected chi connectivity index (χ1v) is 14.3. The molecule has 0 aliphatic carbocycles. The van der Waals surface area contributed by atoms with Crippen molar-refractivity contribution in [3.8, 4) is 5.75 Å². The van der Waals surface area contributed by atoms with E-state index in [-0.39, 0.29) is 22.1 Å². The summed E-state index contributed by atoms with van der Waals surface area (Å²) in [4.78, 5) is 0. The number of rotatable bonds is 10. The quantitative estimate of drug-likeness (QED) is 0.131. The third-order valence-corrected chi connectivity index (χ3v) is 7.36. The Hall–Kier alpha value is -2.08. The molecule has 168 valence electrons. The van der Waals surface area contributed by atoms with Gasteiger partial charge in [0.2, 0.25) is 0 Å². The summed E-state index contributed by atoms with van der Waals surface area (Å²) in [6.45, 7) is 6.52. The molecule has 3 aromatic carbocycles. The van der Waals surface area contributed by atoms with Gasteiger partial charge in [-0.25, -0.2) is 17.6 Å². The number of aryl methyl sites for hydroxylation is 1. The second-order valence-electron chi connectivity index (χ2n) is 8.70. The van der Waals surface area contributed by atoms with E-state index in [0.717, 1.165) is 19.3 Å². The fraction of sp³-hybridized carbons (Fsp3) is 0.440. The molecule has 31 heavy (non-hydrogen) atoms. The molecule has 0 saturated carbocycles. The van der Waals surface area contributed by atoms with Crippen molar-refractivity contribution >= 4 is 30.3 Å². The Morgan fingerprint density at radius 3 is 1.87 bits per heavy atom. The Bertz CT molecular complexity index is 1060. The molecule has 3 rings (SSSR count). The average molecular weight is 451 g/mol. The lowest BCUT2D eigenvalue weighted by molar-refractivity contribution is 0.291. The van der Waals surface area contributed by atoms with Gasteiger partial charge in [-0.1, -0.05) is 63.4 Å². The van der Waals surface area contributed by atoms with Crippen molar-refractivity contribution < 1.29 is 22.3 Å². The molecule has 6 heteroatoms. The van der Waals surface area contributed by atoms with Gasteiger partial charge < -0.3 is 4.74 Å². The Morgan fingerprint density at radius 2 is 1.23 bits per heavy atom. The zero-order valence-electron chi connectivity index (χ0n) is 18.5. The number of benzene rings is 3. The Morgan fingerprint density at radius 1 is 0.677 bits per heavy atom. The molecule has 0 unspecified atom stereocenters. The molecule has 0 amide bonds. The summed E-state index contributed by atoms with van der Waals surface area (Å²) in [5.74, 6) is -4.66. The molecule has 0 aromatic heterocycles. The summed E-state index contributed by atoms with van der Waals surface area (Å²) in [5.41, 5.74) is 0.201. The number of hydrogen-bond acceptors (Lipinski definition) is 1. The molecular formula is C25H30F4OSi. The fourth-order valence-electron chi connectivity index (χ4n) is 3.99. The summed E-state index contributed by atoms with van der Waals surface area (Å²) >= 11 is 0. The van der Waals surface area contributed by atoms with E-state index in [4.69, 9.17) is 4.74 Å². The normalized spacial score (nSPS) is 11.7. The minimum Gasteiger partial charge on any atom is -0.490 e. The molecule has 0 atom stereocenters. The van der Waals surface area contributed by atoms with Gasteiger partial charge in [0.05, 0.1) is 17.4 Å². The molecule has 0 spiro atoms. The predicted octanol–water partition coefficient (Wildman–Crippen LogP) is 8.06. The van der Waals surface area contributed by atoms with Crippen LogP contribution in [0.25, 0.3) is 21.5 Å². The van der Waals surface area contributed by atoms with Crippen LogP contribution in [0.15, 0.2) is 24.3 Å². The minimum absolute atomic E-state index is 0.111. The largest absolute Gasteiger partial charge is 0.490 e. The molecule has 0 N–H and O–H groups in total. The smallest absolute Gasteiger partial charge is 0.175 e. The number of halogens is 4. The molecule has 0 saturated heterocycles. The molecule has 0 aliphatic rings. The van der Waals surface area contributed by atoms with Crippen molar-refractivity contribution in [1.82, 2.24) is 0 Å². The first kappa shape index (κ1) is 23.6. The highest BCUT2D eigenvalue weighted by Gasteiger charge is 2.22. The highest BCUT2D eigenvalue weighted by Crippen LogP contribution is 2.37. The van der Waals surface area contributed by atoms with Crippen LogP contribution in [-0.4, -0.2) is 15.4 Å². The summed E-state index contributed by atoms with van der Waals surface area (Å²) in [6, 6.07) is 7.22. The van der Waals surface area contributed by atoms with Gasteiger partial charge in [0.15, 0.2) is 23.2 Å². The molecular weight excluding hydrogens is 420 g/mol. The average Bonchev–Trinajstić information content (AvgIpc) is 2.73. The summed E-state index contributed by atoms with van der Waals surface area (Å²) in [6.07, 6.45) is 6.63. The lowest BCUT2D eigenvalue weighted by Crippen LogP contribution is -2.02. The van der Waals surface area contributed by atoms with Gasteiger partial charge >= 0.3 is 0 Å². The van der Waals surface area contributed by atoms with Crippen LogP contribution < -0.4 is 4.74 Å². The minimum atomic E-state index is -1.39. The standard InChI is InChI=1S/C25H30F4OSi/c1-16-10-11-17-18-12-13-19(30-14-8-6-4-5-7-9-15-31(2)3)23(27)21(18)25(29)24(28)20(17)22(16)26/h10-13,31H,4-9,14-15H2,1-3H3. The maximum atomic E-state index is 15.0. The van der Waals surface area contributed by atoms with Crippen LogP contribution in [0.5, 0.6) is 5.75 Å². The summed E-state index contributed by atoms with van der Waals surface area (Å²) in [5, 5.41) is -0.682. The zero-order chi connectivity index (χ0) is 22.5. The van der Waals surface area contributed by atoms with Crippen molar-refractivity contribution in [2.24, 2.45) is 0 Å². The Kier molecular flexibility index (Phi) is 7.98. The monoisotopic (exact) mass is 450 g/mol. The third-order valence-electron chi connectivity index (χ3n) is 5.80. The molecule has 1 nitrogen and oxygen atoms in total. The molecule has 0 bridgehead atoms. The first-order chi connectivity index (χ1) is 14.8. The molecule has 0 fully saturated rings. The number of unbranched alkanes of at least 4 members (excludes halogenated alkanes) is 5. The molecule has 3 aromatic rings. The SMILES string of the molecule is Cc1ccc2c(c1F)c(F)c(F)c1c(F)c(OCCCCCCCC[SiH](C)C)ccc12. The topological polar surface area (TPSA) is 9.23 Å². The van der Waals surface area contributed by atoms with Crippen molar-refractivity contribution in [3.63, 3.8) is 0 Å². The van der Waals surface area contributed by atoms with Crippen molar-refractivity contribution in [2.75, 3.05) is 6.61 Å². The maximum absolute atomic E-state index is 15.0. The van der Waals surface area contributed by atoms with Gasteiger partial charge in [0.1, 0.15) is 5.82 Å². The fourth-order valence-corrected chi connectivity index (χ4v) is 5.10. The second kappa shape index (κ2) is 10.5. The Labute approximate surface area is 183 Å². The van der Waals surface area contributed by atoms with Gasteiger partial charge in [-0.2, -0.15) is 0 Å². The molecule has 0 heterocycles. The summed E-state index contributed by atoms with van der Waals surface area (Å²) < 4.78 is 64.2. The number of hydrogen-bond donors (Lipinski definition) is 0. The van der Waals surface area contributed by atoms with E-state index in [1.807, 2.05) is 0 Å². The van der Waals surface area contributed by atoms with Crippen LogP contribution in [0.3, 0.4) is 0 Å². The van der Waals surface area contributed by atoms with E-state index in [2.05, 4.69) is 13.1 Å². The van der Waals surface area contributed by atoms with Crippen LogP contribution in [-0.2, 0) is 0 Å². The second-order valence-corrected chi connectivity index (χ2v) is 12.1. The third kappa shape index (κ3) is 5.22. The lowest BCUT2D eigenvalue weighted by atomic mass is 9.98. The lowest BCUT2D eigenvalue weighted by Gasteiger charge is -2.13. The van der Waals surface area contributed by atoms with Gasteiger partial charge in [-0.15, -0.1) is 0 Å². The van der Waals surface area contributed by atoms with E-state index in [1.54, 1.807) is 0 Å². The van der Waals surface area contributed by atoms with Gasteiger partial charge in [-0.3, -0.25) is 0 Å². The molecule has 0 radical (unpaired) electrons. The highest BCUT2D eigenvalue weighted by atomic mass is 28.3. The maximum Gasteiger partial charge on any atom is 0.175 e. The van der Waals surface area contributed by atoms with Crippen LogP contribution in [0.2, 0.25) is 19.1 Å². The van der Waals surface area contributed by atoms with Crippen LogP contribution in [0.4, 0.5) is 17.6 Å². The number of ether oxygens (including phenoxy) is 1. The van der Waals surface area contributed by atoms with E-state index < -0.39 is 42.8 Å². The van der Waals surface area contributed by atoms with E-state index >= 15 is 0 Å². The predicted molar refractivity (Wildman–Crippen MR) is 123 cm³/mol. The van der Waals surface area contributed by atoms with Crippen molar-refractivity contribution in [3.05, 3.63) is 53.1 Å². The van der Waals surface area contributed by atoms with Crippen LogP contribution in [0, 0.1) is 30.2 Å². The van der Waals surface area contributed by atoms with Crippen molar-refractivity contribution in [1.29, 1.82) is 0 Å². The zero-order valence-corrected chi connectivity index (χ0v) is 19.6. The van der Waals surface area contributed by atoms with E-state index in [9.17, 15) is 17.6 Å². The highest BCUT2D eigenvalue weighted by molar-refractivity contribution is 6.55. The Balaban J connectivity index is 1.68. The number of fused-ring (bicyclic) bond motifs is 3. The van der Waals surface area contributed by atoms with E-state index in [1.165, 1.54) is 56.5 Å². The van der Waals surface area contributed by atoms with Crippen LogP contribution >= 0.6 is 0 Å². The van der Waals surface area contributed by atoms with Gasteiger partial charge in [0.25, 0.3) is 0 Å². The van der Waals surface area contributed by atoms with Gasteiger partial charge in [-0.05, 0) is 41.8 Å².